The topological polar surface area (TPSA) is 83.6 Å². The lowest BCUT2D eigenvalue weighted by Gasteiger charge is -2.29. The lowest BCUT2D eigenvalue weighted by atomic mass is 10.1. The second kappa shape index (κ2) is 6.83. The quantitative estimate of drug-likeness (QED) is 0.768. The SMILES string of the molecule is NC(=S)c1cccc(S(=O)(=O)CCN2CCC(O)CC2)c1. The Kier molecular flexibility index (Phi) is 5.32. The average Bonchev–Trinajstić information content (AvgIpc) is 2.47. The molecule has 1 aliphatic rings. The van der Waals surface area contributed by atoms with Gasteiger partial charge in [0.2, 0.25) is 0 Å². The Morgan fingerprint density at radius 1 is 1.38 bits per heavy atom. The molecule has 0 unspecified atom stereocenters. The first-order valence-electron chi connectivity index (χ1n) is 6.91. The van der Waals surface area contributed by atoms with Gasteiger partial charge in [-0.3, -0.25) is 0 Å². The zero-order valence-electron chi connectivity index (χ0n) is 11.7. The van der Waals surface area contributed by atoms with E-state index in [1.807, 2.05) is 0 Å². The van der Waals surface area contributed by atoms with Gasteiger partial charge >= 0.3 is 0 Å². The first kappa shape index (κ1) is 16.4. The molecule has 0 aliphatic carbocycles. The smallest absolute Gasteiger partial charge is 0.179 e. The number of sulfone groups is 1. The summed E-state index contributed by atoms with van der Waals surface area (Å²) in [5.41, 5.74) is 6.10. The molecule has 7 heteroatoms. The summed E-state index contributed by atoms with van der Waals surface area (Å²) in [5.74, 6) is 0.0594. The van der Waals surface area contributed by atoms with Crippen LogP contribution >= 0.6 is 12.2 Å². The molecule has 21 heavy (non-hydrogen) atoms. The molecule has 1 aromatic carbocycles. The monoisotopic (exact) mass is 328 g/mol. The second-order valence-electron chi connectivity index (χ2n) is 5.28. The van der Waals surface area contributed by atoms with Crippen molar-refractivity contribution < 1.29 is 13.5 Å². The van der Waals surface area contributed by atoms with E-state index in [0.717, 1.165) is 13.1 Å². The van der Waals surface area contributed by atoms with Gasteiger partial charge in [0.05, 0.1) is 16.8 Å². The number of hydrogen-bond acceptors (Lipinski definition) is 5. The molecule has 0 saturated carbocycles. The molecule has 0 radical (unpaired) electrons. The van der Waals surface area contributed by atoms with Crippen LogP contribution in [0.4, 0.5) is 0 Å². The van der Waals surface area contributed by atoms with Gasteiger partial charge in [0.1, 0.15) is 4.99 Å². The van der Waals surface area contributed by atoms with E-state index in [4.69, 9.17) is 18.0 Å². The Balaban J connectivity index is 2.01. The Bertz CT molecular complexity index is 608. The maximum atomic E-state index is 12.4. The normalized spacial score (nSPS) is 17.8. The van der Waals surface area contributed by atoms with Crippen molar-refractivity contribution in [3.63, 3.8) is 0 Å². The molecule has 1 heterocycles. The summed E-state index contributed by atoms with van der Waals surface area (Å²) >= 11 is 4.87. The molecular weight excluding hydrogens is 308 g/mol. The van der Waals surface area contributed by atoms with Gasteiger partial charge in [-0.2, -0.15) is 0 Å². The van der Waals surface area contributed by atoms with Gasteiger partial charge in [-0.1, -0.05) is 24.4 Å². The van der Waals surface area contributed by atoms with E-state index >= 15 is 0 Å². The van der Waals surface area contributed by atoms with E-state index in [1.54, 1.807) is 18.2 Å². The molecule has 2 rings (SSSR count). The van der Waals surface area contributed by atoms with Crippen molar-refractivity contribution in [1.29, 1.82) is 0 Å². The van der Waals surface area contributed by atoms with Crippen molar-refractivity contribution in [3.05, 3.63) is 29.8 Å². The maximum absolute atomic E-state index is 12.4. The Morgan fingerprint density at radius 3 is 2.67 bits per heavy atom. The van der Waals surface area contributed by atoms with Crippen LogP contribution in [0.3, 0.4) is 0 Å². The predicted octanol–water partition coefficient (Wildman–Crippen LogP) is 0.551. The Hall–Kier alpha value is -1.02. The van der Waals surface area contributed by atoms with E-state index in [0.29, 0.717) is 24.9 Å². The van der Waals surface area contributed by atoms with Crippen molar-refractivity contribution in [1.82, 2.24) is 4.90 Å². The minimum absolute atomic E-state index is 0.0594. The number of piperidine rings is 1. The number of nitrogens with two attached hydrogens (primary N) is 1. The van der Waals surface area contributed by atoms with Gasteiger partial charge in [-0.25, -0.2) is 8.42 Å². The zero-order valence-corrected chi connectivity index (χ0v) is 13.4. The van der Waals surface area contributed by atoms with Crippen molar-refractivity contribution >= 4 is 27.0 Å². The van der Waals surface area contributed by atoms with Crippen LogP contribution in [0.25, 0.3) is 0 Å². The summed E-state index contributed by atoms with van der Waals surface area (Å²) in [6, 6.07) is 6.45. The van der Waals surface area contributed by atoms with E-state index in [-0.39, 0.29) is 21.7 Å². The van der Waals surface area contributed by atoms with Crippen LogP contribution in [0.2, 0.25) is 0 Å². The third-order valence-corrected chi connectivity index (χ3v) is 5.64. The highest BCUT2D eigenvalue weighted by Gasteiger charge is 2.20. The highest BCUT2D eigenvalue weighted by molar-refractivity contribution is 7.91. The van der Waals surface area contributed by atoms with Gasteiger partial charge in [-0.05, 0) is 25.0 Å². The van der Waals surface area contributed by atoms with Crippen LogP contribution < -0.4 is 5.73 Å². The van der Waals surface area contributed by atoms with Crippen LogP contribution in [-0.2, 0) is 9.84 Å². The van der Waals surface area contributed by atoms with Gasteiger partial charge in [0, 0.05) is 25.2 Å². The summed E-state index contributed by atoms with van der Waals surface area (Å²) in [4.78, 5) is 2.52. The summed E-state index contributed by atoms with van der Waals surface area (Å²) in [7, 11) is -3.35. The van der Waals surface area contributed by atoms with Crippen molar-refractivity contribution in [3.8, 4) is 0 Å². The lowest BCUT2D eigenvalue weighted by Crippen LogP contribution is -2.38. The van der Waals surface area contributed by atoms with Crippen molar-refractivity contribution in [2.24, 2.45) is 5.73 Å². The zero-order chi connectivity index (χ0) is 15.5. The second-order valence-corrected chi connectivity index (χ2v) is 7.83. The van der Waals surface area contributed by atoms with E-state index in [2.05, 4.69) is 4.90 Å². The Morgan fingerprint density at radius 2 is 2.05 bits per heavy atom. The van der Waals surface area contributed by atoms with Crippen LogP contribution in [-0.4, -0.2) is 54.9 Å². The molecule has 116 valence electrons. The molecule has 1 aliphatic heterocycles. The summed E-state index contributed by atoms with van der Waals surface area (Å²) in [6.45, 7) is 1.96. The highest BCUT2D eigenvalue weighted by Crippen LogP contribution is 2.15. The first-order valence-corrected chi connectivity index (χ1v) is 8.97. The van der Waals surface area contributed by atoms with Crippen LogP contribution in [0.1, 0.15) is 18.4 Å². The number of likely N-dealkylation sites (tertiary alicyclic amines) is 1. The summed E-state index contributed by atoms with van der Waals surface area (Å²) in [5, 5.41) is 9.45. The van der Waals surface area contributed by atoms with E-state index < -0.39 is 9.84 Å². The van der Waals surface area contributed by atoms with Crippen LogP contribution in [0.5, 0.6) is 0 Å². The number of hydrogen-bond donors (Lipinski definition) is 2. The standard InChI is InChI=1S/C14H20N2O3S2/c15-14(20)11-2-1-3-13(10-11)21(18,19)9-8-16-6-4-12(17)5-7-16/h1-3,10,12,17H,4-9H2,(H2,15,20). The largest absolute Gasteiger partial charge is 0.393 e. The first-order chi connectivity index (χ1) is 9.88. The number of rotatable bonds is 5. The lowest BCUT2D eigenvalue weighted by molar-refractivity contribution is 0.0855. The van der Waals surface area contributed by atoms with Crippen molar-refractivity contribution in [2.75, 3.05) is 25.4 Å². The predicted molar refractivity (Wildman–Crippen MR) is 86.1 cm³/mol. The third-order valence-electron chi connectivity index (χ3n) is 3.71. The molecule has 0 spiro atoms. The number of aliphatic hydroxyl groups is 1. The Labute approximate surface area is 130 Å². The molecule has 1 aromatic rings. The molecular formula is C14H20N2O3S2. The summed E-state index contributed by atoms with van der Waals surface area (Å²) in [6.07, 6.45) is 1.16. The maximum Gasteiger partial charge on any atom is 0.179 e. The van der Waals surface area contributed by atoms with Gasteiger partial charge < -0.3 is 15.7 Å². The van der Waals surface area contributed by atoms with Crippen LogP contribution in [0.15, 0.2) is 29.2 Å². The number of aliphatic hydroxyl groups excluding tert-OH is 1. The minimum atomic E-state index is -3.35. The molecule has 0 amide bonds. The molecule has 0 bridgehead atoms. The molecule has 0 atom stereocenters. The van der Waals surface area contributed by atoms with E-state index in [1.165, 1.54) is 6.07 Å². The average molecular weight is 328 g/mol. The molecule has 1 fully saturated rings. The fourth-order valence-electron chi connectivity index (χ4n) is 2.35. The molecule has 3 N–H and O–H groups in total. The highest BCUT2D eigenvalue weighted by atomic mass is 32.2. The molecule has 0 aromatic heterocycles. The number of nitrogens with zero attached hydrogens (tertiary/aromatic N) is 1. The third kappa shape index (κ3) is 4.47. The fourth-order valence-corrected chi connectivity index (χ4v) is 3.81. The van der Waals surface area contributed by atoms with Crippen LogP contribution in [0, 0.1) is 0 Å². The number of benzene rings is 1. The molecule has 5 nitrogen and oxygen atoms in total. The number of thiocarbonyl (C=S) groups is 1. The van der Waals surface area contributed by atoms with Gasteiger partial charge in [-0.15, -0.1) is 0 Å². The van der Waals surface area contributed by atoms with E-state index in [9.17, 15) is 13.5 Å². The fraction of sp³-hybridized carbons (Fsp3) is 0.500. The van der Waals surface area contributed by atoms with Crippen molar-refractivity contribution in [2.45, 2.75) is 23.8 Å². The van der Waals surface area contributed by atoms with Gasteiger partial charge in [0.25, 0.3) is 0 Å². The summed E-state index contributed by atoms with van der Waals surface area (Å²) < 4.78 is 24.7. The minimum Gasteiger partial charge on any atom is -0.393 e. The van der Waals surface area contributed by atoms with Gasteiger partial charge in [0.15, 0.2) is 9.84 Å². The molecule has 1 saturated heterocycles.